The molecule has 3 aromatic rings. The summed E-state index contributed by atoms with van der Waals surface area (Å²) in [6, 6.07) is 18.3. The van der Waals surface area contributed by atoms with E-state index in [1.54, 1.807) is 19.2 Å². The molecule has 5 heteroatoms. The average Bonchev–Trinajstić information content (AvgIpc) is 2.82. The first-order chi connectivity index (χ1) is 16.6. The van der Waals surface area contributed by atoms with Gasteiger partial charge in [0.15, 0.2) is 0 Å². The first-order valence-corrected chi connectivity index (χ1v) is 11.7. The molecule has 0 saturated carbocycles. The van der Waals surface area contributed by atoms with E-state index in [-0.39, 0.29) is 23.6 Å². The second kappa shape index (κ2) is 11.2. The highest BCUT2D eigenvalue weighted by Gasteiger charge is 2.21. The lowest BCUT2D eigenvalue weighted by Crippen LogP contribution is -2.13. The second-order valence-electron chi connectivity index (χ2n) is 9.56. The summed E-state index contributed by atoms with van der Waals surface area (Å²) in [5, 5.41) is 9.17. The lowest BCUT2D eigenvalue weighted by molar-refractivity contribution is -0.137. The molecule has 3 rings (SSSR count). The van der Waals surface area contributed by atoms with Crippen LogP contribution in [0.15, 0.2) is 72.8 Å². The number of methoxy groups -OCH3 is 1. The Bertz CT molecular complexity index is 1190. The molecule has 0 aliphatic rings. The Morgan fingerprint density at radius 2 is 1.69 bits per heavy atom. The van der Waals surface area contributed by atoms with Crippen LogP contribution < -0.4 is 9.47 Å². The predicted octanol–water partition coefficient (Wildman–Crippen LogP) is 7.51. The topological polar surface area (TPSA) is 55.8 Å². The van der Waals surface area contributed by atoms with Gasteiger partial charge >= 0.3 is 5.97 Å². The summed E-state index contributed by atoms with van der Waals surface area (Å²) in [6.45, 7) is 8.51. The van der Waals surface area contributed by atoms with Gasteiger partial charge in [-0.3, -0.25) is 4.79 Å². The van der Waals surface area contributed by atoms with Crippen LogP contribution in [-0.4, -0.2) is 18.2 Å². The molecule has 4 nitrogen and oxygen atoms in total. The Hall–Kier alpha value is -3.60. The molecular weight excluding hydrogens is 443 g/mol. The Morgan fingerprint density at radius 3 is 2.29 bits per heavy atom. The minimum absolute atomic E-state index is 0.0360. The maximum absolute atomic E-state index is 14.9. The van der Waals surface area contributed by atoms with Crippen LogP contribution in [0.2, 0.25) is 0 Å². The number of ether oxygens (including phenoxy) is 2. The van der Waals surface area contributed by atoms with Gasteiger partial charge in [-0.2, -0.15) is 0 Å². The molecule has 0 radical (unpaired) electrons. The number of hydrogen-bond donors (Lipinski definition) is 1. The number of carbonyl (C=O) groups is 1. The number of aliphatic carboxylic acids is 1. The zero-order chi connectivity index (χ0) is 25.6. The number of allylic oxidation sites excluding steroid dienone is 2. The van der Waals surface area contributed by atoms with Crippen molar-refractivity contribution in [3.05, 3.63) is 95.3 Å². The molecule has 1 atom stereocenters. The molecule has 3 aromatic carbocycles. The third-order valence-corrected chi connectivity index (χ3v) is 5.89. The molecule has 0 aromatic heterocycles. The molecule has 0 spiro atoms. The van der Waals surface area contributed by atoms with Crippen molar-refractivity contribution in [2.75, 3.05) is 7.11 Å². The van der Waals surface area contributed by atoms with Gasteiger partial charge in [-0.15, -0.1) is 0 Å². The summed E-state index contributed by atoms with van der Waals surface area (Å²) in [5.74, 6) is -0.0475. The third kappa shape index (κ3) is 6.72. The van der Waals surface area contributed by atoms with Crippen molar-refractivity contribution in [1.29, 1.82) is 0 Å². The van der Waals surface area contributed by atoms with Crippen molar-refractivity contribution in [3.8, 4) is 22.6 Å². The SMILES string of the molecule is CC=C[C@H](CC(=O)O)c1ccc(OCc2ccc(C(C)(C)C)c(-c3cc(OC)ccc3F)c2)cc1. The predicted molar refractivity (Wildman–Crippen MR) is 138 cm³/mol. The number of carboxylic acid groups (broad SMARTS) is 1. The van der Waals surface area contributed by atoms with Gasteiger partial charge in [0.2, 0.25) is 0 Å². The number of carboxylic acids is 1. The number of hydrogen-bond acceptors (Lipinski definition) is 3. The van der Waals surface area contributed by atoms with Crippen LogP contribution in [0.4, 0.5) is 4.39 Å². The molecule has 0 saturated heterocycles. The molecule has 1 N–H and O–H groups in total. The summed E-state index contributed by atoms with van der Waals surface area (Å²) >= 11 is 0. The minimum atomic E-state index is -0.838. The van der Waals surface area contributed by atoms with Gasteiger partial charge < -0.3 is 14.6 Å². The van der Waals surface area contributed by atoms with E-state index in [0.717, 1.165) is 22.3 Å². The highest BCUT2D eigenvalue weighted by molar-refractivity contribution is 5.71. The summed E-state index contributed by atoms with van der Waals surface area (Å²) in [5.41, 5.74) is 3.99. The Morgan fingerprint density at radius 1 is 1.00 bits per heavy atom. The van der Waals surface area contributed by atoms with E-state index >= 15 is 0 Å². The van der Waals surface area contributed by atoms with E-state index in [1.165, 1.54) is 6.07 Å². The van der Waals surface area contributed by atoms with Crippen LogP contribution in [0.5, 0.6) is 11.5 Å². The minimum Gasteiger partial charge on any atom is -0.497 e. The fourth-order valence-corrected chi connectivity index (χ4v) is 4.09. The summed E-state index contributed by atoms with van der Waals surface area (Å²) in [6.07, 6.45) is 3.79. The molecule has 0 amide bonds. The third-order valence-electron chi connectivity index (χ3n) is 5.89. The molecular formula is C30H33FO4. The average molecular weight is 477 g/mol. The van der Waals surface area contributed by atoms with Crippen molar-refractivity contribution in [1.82, 2.24) is 0 Å². The van der Waals surface area contributed by atoms with Crippen LogP contribution in [-0.2, 0) is 16.8 Å². The van der Waals surface area contributed by atoms with E-state index in [0.29, 0.717) is 23.7 Å². The fourth-order valence-electron chi connectivity index (χ4n) is 4.09. The number of benzene rings is 3. The van der Waals surface area contributed by atoms with Crippen molar-refractivity contribution in [3.63, 3.8) is 0 Å². The van der Waals surface area contributed by atoms with Gasteiger partial charge in [0, 0.05) is 11.5 Å². The van der Waals surface area contributed by atoms with Gasteiger partial charge in [0.25, 0.3) is 0 Å². The fraction of sp³-hybridized carbons (Fsp3) is 0.300. The molecule has 0 aliphatic heterocycles. The molecule has 0 bridgehead atoms. The quantitative estimate of drug-likeness (QED) is 0.325. The van der Waals surface area contributed by atoms with Crippen molar-refractivity contribution in [2.45, 2.75) is 52.1 Å². The van der Waals surface area contributed by atoms with Crippen LogP contribution in [0.1, 0.15) is 56.7 Å². The molecule has 0 heterocycles. The lowest BCUT2D eigenvalue weighted by atomic mass is 9.81. The Kier molecular flexibility index (Phi) is 8.34. The van der Waals surface area contributed by atoms with Crippen molar-refractivity contribution < 1.29 is 23.8 Å². The van der Waals surface area contributed by atoms with Crippen LogP contribution in [0, 0.1) is 5.82 Å². The van der Waals surface area contributed by atoms with Crippen LogP contribution in [0.3, 0.4) is 0 Å². The van der Waals surface area contributed by atoms with Crippen molar-refractivity contribution >= 4 is 5.97 Å². The van der Waals surface area contributed by atoms with E-state index in [1.807, 2.05) is 61.5 Å². The van der Waals surface area contributed by atoms with Gasteiger partial charge in [0.05, 0.1) is 13.5 Å². The molecule has 0 aliphatic carbocycles. The van der Waals surface area contributed by atoms with E-state index < -0.39 is 5.97 Å². The maximum atomic E-state index is 14.9. The van der Waals surface area contributed by atoms with E-state index in [4.69, 9.17) is 14.6 Å². The number of rotatable bonds is 9. The first kappa shape index (κ1) is 26.0. The smallest absolute Gasteiger partial charge is 0.304 e. The summed E-state index contributed by atoms with van der Waals surface area (Å²) in [4.78, 5) is 11.2. The normalized spacial score (nSPS) is 12.5. The van der Waals surface area contributed by atoms with Gasteiger partial charge in [0.1, 0.15) is 23.9 Å². The summed E-state index contributed by atoms with van der Waals surface area (Å²) < 4.78 is 26.2. The monoisotopic (exact) mass is 476 g/mol. The van der Waals surface area contributed by atoms with Crippen LogP contribution >= 0.6 is 0 Å². The highest BCUT2D eigenvalue weighted by atomic mass is 19.1. The lowest BCUT2D eigenvalue weighted by Gasteiger charge is -2.24. The zero-order valence-corrected chi connectivity index (χ0v) is 21.0. The first-order valence-electron chi connectivity index (χ1n) is 11.7. The highest BCUT2D eigenvalue weighted by Crippen LogP contribution is 2.37. The van der Waals surface area contributed by atoms with E-state index in [2.05, 4.69) is 20.8 Å². The second-order valence-corrected chi connectivity index (χ2v) is 9.56. The van der Waals surface area contributed by atoms with Crippen molar-refractivity contribution in [2.24, 2.45) is 0 Å². The summed E-state index contributed by atoms with van der Waals surface area (Å²) in [7, 11) is 1.57. The maximum Gasteiger partial charge on any atom is 0.304 e. The molecule has 0 unspecified atom stereocenters. The van der Waals surface area contributed by atoms with Gasteiger partial charge in [-0.1, -0.05) is 57.2 Å². The van der Waals surface area contributed by atoms with E-state index in [9.17, 15) is 9.18 Å². The Balaban J connectivity index is 1.85. The molecule has 184 valence electrons. The largest absolute Gasteiger partial charge is 0.497 e. The molecule has 0 fully saturated rings. The van der Waals surface area contributed by atoms with Gasteiger partial charge in [-0.25, -0.2) is 4.39 Å². The number of halogens is 1. The standard InChI is InChI=1S/C30H33FO4/c1-6-7-22(17-29(32)33)21-9-11-23(12-10-21)35-19-20-8-14-27(30(2,3)4)25(16-20)26-18-24(34-5)13-15-28(26)31/h6-16,18,22H,17,19H2,1-5H3,(H,32,33)/t22-/m1/s1. The van der Waals surface area contributed by atoms with Gasteiger partial charge in [-0.05, 0) is 71.0 Å². The Labute approximate surface area is 207 Å². The van der Waals surface area contributed by atoms with Crippen LogP contribution in [0.25, 0.3) is 11.1 Å². The zero-order valence-electron chi connectivity index (χ0n) is 21.0. The molecule has 35 heavy (non-hydrogen) atoms.